The average molecular weight is 193 g/mol. The summed E-state index contributed by atoms with van der Waals surface area (Å²) in [6.07, 6.45) is 0. The molecule has 0 aromatic heterocycles. The van der Waals surface area contributed by atoms with E-state index in [2.05, 4.69) is 0 Å². The van der Waals surface area contributed by atoms with Crippen molar-refractivity contribution in [3.8, 4) is 0 Å². The molecule has 0 amide bonds. The molecule has 0 aromatic rings. The third-order valence-electron chi connectivity index (χ3n) is 0. The topological polar surface area (TPSA) is 141 Å². The Morgan fingerprint density at radius 2 is 1.00 bits per heavy atom. The largest absolute Gasteiger partial charge is 0.466 e. The van der Waals surface area contributed by atoms with Crippen LogP contribution in [0.5, 0.6) is 0 Å². The van der Waals surface area contributed by atoms with Gasteiger partial charge in [-0.2, -0.15) is 0 Å². The van der Waals surface area contributed by atoms with Gasteiger partial charge in [0.25, 0.3) is 0 Å². The standard InChI is InChI=1S/Ni.H3O4P.2H2O/c;1-5(2,3)4;;/h;(H3,1,2,3,4);2*1H2. The molecule has 7 N–H and O–H groups in total. The van der Waals surface area contributed by atoms with E-state index in [1.165, 1.54) is 0 Å². The van der Waals surface area contributed by atoms with Crippen LogP contribution >= 0.6 is 7.82 Å². The zero-order valence-corrected chi connectivity index (χ0v) is 5.40. The van der Waals surface area contributed by atoms with Crippen molar-refractivity contribution in [2.45, 2.75) is 0 Å². The minimum Gasteiger partial charge on any atom is -0.412 e. The Labute approximate surface area is 55.3 Å². The molecule has 0 atom stereocenters. The van der Waals surface area contributed by atoms with Crippen LogP contribution in [0.3, 0.4) is 0 Å². The first-order valence-electron chi connectivity index (χ1n) is 0.783. The van der Waals surface area contributed by atoms with Crippen molar-refractivity contribution in [3.63, 3.8) is 0 Å². The first-order chi connectivity index (χ1) is 2.00. The van der Waals surface area contributed by atoms with E-state index >= 15 is 0 Å². The van der Waals surface area contributed by atoms with Crippen LogP contribution in [0.2, 0.25) is 0 Å². The van der Waals surface area contributed by atoms with Crippen LogP contribution in [-0.2, 0) is 21.1 Å². The van der Waals surface area contributed by atoms with Gasteiger partial charge in [0.05, 0.1) is 0 Å². The molecule has 0 saturated carbocycles. The average Bonchev–Trinajstić information content (AvgIpc) is 0.722. The molecule has 0 saturated heterocycles. The number of hydrogen-bond acceptors (Lipinski definition) is 1. The number of phosphoric acid groups is 1. The van der Waals surface area contributed by atoms with E-state index in [9.17, 15) is 0 Å². The number of rotatable bonds is 0. The van der Waals surface area contributed by atoms with Crippen LogP contribution in [-0.4, -0.2) is 25.6 Å². The first kappa shape index (κ1) is 23.6. The molecule has 0 unspecified atom stereocenters. The van der Waals surface area contributed by atoms with Gasteiger partial charge in [-0.1, -0.05) is 0 Å². The molecule has 8 heteroatoms. The first-order valence-corrected chi connectivity index (χ1v) is 2.35. The normalized spacial score (nSPS) is 7.38. The fourth-order valence-corrected chi connectivity index (χ4v) is 0. The van der Waals surface area contributed by atoms with E-state index in [0.717, 1.165) is 0 Å². The van der Waals surface area contributed by atoms with Gasteiger partial charge in [-0.25, -0.2) is 4.57 Å². The Morgan fingerprint density at radius 1 is 1.00 bits per heavy atom. The Hall–Kier alpha value is 0.524. The summed E-state index contributed by atoms with van der Waals surface area (Å²) < 4.78 is 8.88. The Morgan fingerprint density at radius 3 is 1.00 bits per heavy atom. The maximum absolute atomic E-state index is 8.88. The predicted molar refractivity (Wildman–Crippen MR) is 21.5 cm³/mol. The van der Waals surface area contributed by atoms with Crippen LogP contribution in [0.15, 0.2) is 0 Å². The summed E-state index contributed by atoms with van der Waals surface area (Å²) >= 11 is 0. The molecule has 0 aliphatic heterocycles. The molecular formula is H7NiO6P. The van der Waals surface area contributed by atoms with Gasteiger partial charge in [0.15, 0.2) is 0 Å². The van der Waals surface area contributed by atoms with Gasteiger partial charge in [0, 0.05) is 16.5 Å². The van der Waals surface area contributed by atoms with Crippen LogP contribution in [0, 0.1) is 0 Å². The van der Waals surface area contributed by atoms with Crippen molar-refractivity contribution >= 4 is 7.82 Å². The zero-order valence-electron chi connectivity index (χ0n) is 3.51. The molecule has 6 nitrogen and oxygen atoms in total. The summed E-state index contributed by atoms with van der Waals surface area (Å²) in [4.78, 5) is 21.6. The van der Waals surface area contributed by atoms with Gasteiger partial charge in [-0.3, -0.25) is 0 Å². The molecule has 0 heterocycles. The van der Waals surface area contributed by atoms with Gasteiger partial charge in [-0.05, 0) is 0 Å². The van der Waals surface area contributed by atoms with E-state index in [1.54, 1.807) is 0 Å². The number of hydrogen-bond donors (Lipinski definition) is 3. The molecule has 0 fully saturated rings. The second-order valence-electron chi connectivity index (χ2n) is 0.513. The van der Waals surface area contributed by atoms with Crippen LogP contribution < -0.4 is 0 Å². The van der Waals surface area contributed by atoms with E-state index in [4.69, 9.17) is 19.2 Å². The molecule has 58 valence electrons. The SMILES string of the molecule is O.O.O=P(O)(O)O.[Ni]. The maximum Gasteiger partial charge on any atom is 0.466 e. The third kappa shape index (κ3) is 726. The fraction of sp³-hybridized carbons (Fsp3) is 0. The van der Waals surface area contributed by atoms with Crippen molar-refractivity contribution in [3.05, 3.63) is 0 Å². The summed E-state index contributed by atoms with van der Waals surface area (Å²) in [6, 6.07) is 0. The second kappa shape index (κ2) is 7.52. The second-order valence-corrected chi connectivity index (χ2v) is 1.54. The van der Waals surface area contributed by atoms with Crippen molar-refractivity contribution in [1.29, 1.82) is 0 Å². The summed E-state index contributed by atoms with van der Waals surface area (Å²) in [7, 11) is -4.64. The molecule has 0 spiro atoms. The van der Waals surface area contributed by atoms with Gasteiger partial charge in [0.2, 0.25) is 0 Å². The summed E-state index contributed by atoms with van der Waals surface area (Å²) in [5.41, 5.74) is 0. The van der Waals surface area contributed by atoms with Gasteiger partial charge < -0.3 is 25.6 Å². The molecule has 8 heavy (non-hydrogen) atoms. The minimum atomic E-state index is -4.64. The molecular weight excluding hydrogens is 186 g/mol. The third-order valence-corrected chi connectivity index (χ3v) is 0. The quantitative estimate of drug-likeness (QED) is 0.286. The molecule has 0 aliphatic rings. The van der Waals surface area contributed by atoms with Crippen molar-refractivity contribution in [1.82, 2.24) is 0 Å². The molecule has 0 aliphatic carbocycles. The summed E-state index contributed by atoms with van der Waals surface area (Å²) in [5, 5.41) is 0. The van der Waals surface area contributed by atoms with E-state index < -0.39 is 7.82 Å². The Kier molecular flexibility index (Phi) is 22.2. The minimum absolute atomic E-state index is 0. The van der Waals surface area contributed by atoms with Crippen LogP contribution in [0.25, 0.3) is 0 Å². The Bertz CT molecular complexity index is 54.7. The zero-order chi connectivity index (χ0) is 4.50. The summed E-state index contributed by atoms with van der Waals surface area (Å²) in [6.45, 7) is 0. The van der Waals surface area contributed by atoms with Crippen LogP contribution in [0.4, 0.5) is 0 Å². The van der Waals surface area contributed by atoms with Gasteiger partial charge in [0.1, 0.15) is 0 Å². The van der Waals surface area contributed by atoms with Crippen molar-refractivity contribution < 1.29 is 46.7 Å². The predicted octanol–water partition coefficient (Wildman–Crippen LogP) is -2.58. The van der Waals surface area contributed by atoms with Crippen molar-refractivity contribution in [2.24, 2.45) is 0 Å². The maximum atomic E-state index is 8.88. The van der Waals surface area contributed by atoms with E-state index in [-0.39, 0.29) is 27.4 Å². The fourth-order valence-electron chi connectivity index (χ4n) is 0. The van der Waals surface area contributed by atoms with Crippen molar-refractivity contribution in [2.75, 3.05) is 0 Å². The molecule has 0 bridgehead atoms. The molecule has 0 rings (SSSR count). The van der Waals surface area contributed by atoms with Gasteiger partial charge in [-0.15, -0.1) is 0 Å². The summed E-state index contributed by atoms with van der Waals surface area (Å²) in [5.74, 6) is 0. The van der Waals surface area contributed by atoms with Crippen LogP contribution in [0.1, 0.15) is 0 Å². The molecule has 0 radical (unpaired) electrons. The van der Waals surface area contributed by atoms with E-state index in [1.807, 2.05) is 0 Å². The Balaban J connectivity index is -0.0000000267. The van der Waals surface area contributed by atoms with E-state index in [0.29, 0.717) is 0 Å². The molecule has 0 aromatic carbocycles. The monoisotopic (exact) mass is 192 g/mol. The van der Waals surface area contributed by atoms with Gasteiger partial charge >= 0.3 is 7.82 Å². The smallest absolute Gasteiger partial charge is 0.412 e.